The average Bonchev–Trinajstić information content (AvgIpc) is 3.40. The van der Waals surface area contributed by atoms with Gasteiger partial charge in [0.15, 0.2) is 11.3 Å². The number of halogens is 3. The van der Waals surface area contributed by atoms with Gasteiger partial charge in [0.1, 0.15) is 6.54 Å². The van der Waals surface area contributed by atoms with Gasteiger partial charge in [-0.2, -0.15) is 13.2 Å². The van der Waals surface area contributed by atoms with E-state index in [1.807, 2.05) is 23.8 Å². The van der Waals surface area contributed by atoms with E-state index in [9.17, 15) is 18.0 Å². The van der Waals surface area contributed by atoms with Crippen LogP contribution in [0.5, 0.6) is 0 Å². The molecule has 0 radical (unpaired) electrons. The summed E-state index contributed by atoms with van der Waals surface area (Å²) >= 11 is 0. The van der Waals surface area contributed by atoms with Crippen LogP contribution in [0.1, 0.15) is 51.3 Å². The van der Waals surface area contributed by atoms with E-state index in [1.165, 1.54) is 4.90 Å². The second-order valence-corrected chi connectivity index (χ2v) is 8.49. The Morgan fingerprint density at radius 1 is 1.26 bits per heavy atom. The Labute approximate surface area is 178 Å². The van der Waals surface area contributed by atoms with Crippen LogP contribution in [0.3, 0.4) is 0 Å². The summed E-state index contributed by atoms with van der Waals surface area (Å²) in [5.74, 6) is 0.136. The summed E-state index contributed by atoms with van der Waals surface area (Å²) in [6.45, 7) is 5.71. The van der Waals surface area contributed by atoms with Crippen LogP contribution >= 0.6 is 0 Å². The molecule has 0 spiro atoms. The maximum atomic E-state index is 12.5. The third-order valence-corrected chi connectivity index (χ3v) is 5.99. The largest absolute Gasteiger partial charge is 0.405 e. The van der Waals surface area contributed by atoms with E-state index in [0.717, 1.165) is 35.3 Å². The highest BCUT2D eigenvalue weighted by Gasteiger charge is 2.38. The molecular weight excluding hydrogens is 409 g/mol. The van der Waals surface area contributed by atoms with E-state index >= 15 is 0 Å². The molecule has 0 aromatic carbocycles. The Morgan fingerprint density at radius 3 is 2.71 bits per heavy atom. The summed E-state index contributed by atoms with van der Waals surface area (Å²) in [5.41, 5.74) is 3.48. The lowest BCUT2D eigenvalue weighted by Crippen LogP contribution is -2.42. The summed E-state index contributed by atoms with van der Waals surface area (Å²) < 4.78 is 41.8. The summed E-state index contributed by atoms with van der Waals surface area (Å²) in [6, 6.07) is 1.59. The minimum Gasteiger partial charge on any atom is -0.329 e. The van der Waals surface area contributed by atoms with Crippen molar-refractivity contribution >= 4 is 22.8 Å². The van der Waals surface area contributed by atoms with Gasteiger partial charge in [-0.05, 0) is 32.3 Å². The fourth-order valence-electron chi connectivity index (χ4n) is 4.59. The molecule has 31 heavy (non-hydrogen) atoms. The molecule has 168 valence electrons. The quantitative estimate of drug-likeness (QED) is 0.647. The molecule has 10 heteroatoms. The summed E-state index contributed by atoms with van der Waals surface area (Å²) in [7, 11) is 0. The topological polar surface area (TPSA) is 67.5 Å². The molecule has 1 N–H and O–H groups in total. The van der Waals surface area contributed by atoms with Gasteiger partial charge in [-0.25, -0.2) is 14.8 Å². The lowest BCUT2D eigenvalue weighted by atomic mass is 9.89. The number of aromatic nitrogens is 4. The molecule has 0 aliphatic carbocycles. The molecule has 3 aromatic heterocycles. The van der Waals surface area contributed by atoms with Crippen molar-refractivity contribution in [1.29, 1.82) is 0 Å². The van der Waals surface area contributed by atoms with Gasteiger partial charge >= 0.3 is 12.2 Å². The van der Waals surface area contributed by atoms with Gasteiger partial charge in [-0.1, -0.05) is 13.3 Å². The first-order valence-corrected chi connectivity index (χ1v) is 10.6. The number of carbonyl (C=O) groups excluding carboxylic acids is 1. The van der Waals surface area contributed by atoms with Gasteiger partial charge in [0.2, 0.25) is 0 Å². The number of alkyl halides is 3. The standard InChI is InChI=1S/C21H27F3N6O/c1-4-5-14-10-28(20(31)27-12-21(22,23)24)11-15(14)17-8-25-18-9-26-19-16(30(17)18)6-7-29(19)13(2)3/h6-9,13-15H,4-5,10-12H2,1-3H3,(H,27,31)/t14-,15+/m1/s1. The van der Waals surface area contributed by atoms with Crippen molar-refractivity contribution in [3.8, 4) is 0 Å². The van der Waals surface area contributed by atoms with Crippen LogP contribution in [0.4, 0.5) is 18.0 Å². The minimum atomic E-state index is -4.43. The summed E-state index contributed by atoms with van der Waals surface area (Å²) in [5, 5.41) is 2.00. The van der Waals surface area contributed by atoms with Crippen LogP contribution < -0.4 is 5.32 Å². The Balaban J connectivity index is 1.68. The minimum absolute atomic E-state index is 0.0143. The molecule has 2 atom stereocenters. The molecule has 0 unspecified atom stereocenters. The molecule has 1 aliphatic rings. The average molecular weight is 436 g/mol. The molecule has 7 nitrogen and oxygen atoms in total. The van der Waals surface area contributed by atoms with E-state index < -0.39 is 18.8 Å². The van der Waals surface area contributed by atoms with Gasteiger partial charge in [0.05, 0.1) is 11.7 Å². The first kappa shape index (κ1) is 21.5. The number of hydrogen-bond donors (Lipinski definition) is 1. The molecule has 1 aliphatic heterocycles. The Hall–Kier alpha value is -2.78. The highest BCUT2D eigenvalue weighted by atomic mass is 19.4. The smallest absolute Gasteiger partial charge is 0.329 e. The van der Waals surface area contributed by atoms with E-state index in [-0.39, 0.29) is 17.9 Å². The van der Waals surface area contributed by atoms with E-state index in [2.05, 4.69) is 39.7 Å². The number of nitrogens with zero attached hydrogens (tertiary/aromatic N) is 5. The van der Waals surface area contributed by atoms with Crippen LogP contribution in [-0.4, -0.2) is 55.7 Å². The summed E-state index contributed by atoms with van der Waals surface area (Å²) in [6.07, 6.45) is 2.93. The number of urea groups is 1. The van der Waals surface area contributed by atoms with Crippen molar-refractivity contribution in [2.24, 2.45) is 5.92 Å². The van der Waals surface area contributed by atoms with E-state index in [4.69, 9.17) is 0 Å². The SMILES string of the molecule is CCC[C@@H]1CN(C(=O)NCC(F)(F)F)C[C@@H]1c1cnc2cnc3c(ccn3C(C)C)n12. The van der Waals surface area contributed by atoms with Crippen LogP contribution in [0.15, 0.2) is 24.7 Å². The zero-order valence-corrected chi connectivity index (χ0v) is 17.9. The molecule has 0 saturated carbocycles. The number of fused-ring (bicyclic) bond motifs is 3. The lowest BCUT2D eigenvalue weighted by molar-refractivity contribution is -0.123. The summed E-state index contributed by atoms with van der Waals surface area (Å²) in [4.78, 5) is 23.0. The molecule has 4 rings (SSSR count). The lowest BCUT2D eigenvalue weighted by Gasteiger charge is -2.18. The van der Waals surface area contributed by atoms with Gasteiger partial charge in [-0.15, -0.1) is 0 Å². The highest BCUT2D eigenvalue weighted by Crippen LogP contribution is 2.37. The highest BCUT2D eigenvalue weighted by molar-refractivity contribution is 5.76. The number of amides is 2. The third kappa shape index (κ3) is 4.07. The maximum Gasteiger partial charge on any atom is 0.405 e. The van der Waals surface area contributed by atoms with Gasteiger partial charge in [0.25, 0.3) is 0 Å². The zero-order valence-electron chi connectivity index (χ0n) is 17.9. The van der Waals surface area contributed by atoms with E-state index in [1.54, 1.807) is 6.20 Å². The first-order valence-electron chi connectivity index (χ1n) is 10.6. The van der Waals surface area contributed by atoms with Crippen LogP contribution in [0.2, 0.25) is 0 Å². The number of rotatable bonds is 5. The fraction of sp³-hybridized carbons (Fsp3) is 0.571. The number of hydrogen-bond acceptors (Lipinski definition) is 3. The molecule has 0 bridgehead atoms. The zero-order chi connectivity index (χ0) is 22.3. The van der Waals surface area contributed by atoms with Crippen molar-refractivity contribution in [3.05, 3.63) is 30.4 Å². The Kier molecular flexibility index (Phi) is 5.57. The van der Waals surface area contributed by atoms with Crippen molar-refractivity contribution in [2.75, 3.05) is 19.6 Å². The first-order chi connectivity index (χ1) is 14.7. The molecule has 4 heterocycles. The molecular formula is C21H27F3N6O. The van der Waals surface area contributed by atoms with Gasteiger partial charge in [-0.3, -0.25) is 4.40 Å². The monoisotopic (exact) mass is 436 g/mol. The van der Waals surface area contributed by atoms with Crippen LogP contribution in [-0.2, 0) is 0 Å². The van der Waals surface area contributed by atoms with Crippen molar-refractivity contribution in [1.82, 2.24) is 29.2 Å². The van der Waals surface area contributed by atoms with Gasteiger partial charge < -0.3 is 14.8 Å². The number of carbonyl (C=O) groups is 1. The number of likely N-dealkylation sites (tertiary alicyclic amines) is 1. The van der Waals surface area contributed by atoms with Crippen molar-refractivity contribution in [3.63, 3.8) is 0 Å². The normalized spacial score (nSPS) is 19.8. The van der Waals surface area contributed by atoms with Gasteiger partial charge in [0, 0.05) is 43.1 Å². The molecule has 3 aromatic rings. The van der Waals surface area contributed by atoms with Crippen molar-refractivity contribution in [2.45, 2.75) is 51.7 Å². The maximum absolute atomic E-state index is 12.5. The molecule has 2 amide bonds. The predicted molar refractivity (Wildman–Crippen MR) is 111 cm³/mol. The number of nitrogens with one attached hydrogen (secondary N) is 1. The number of imidazole rings is 1. The van der Waals surface area contributed by atoms with Crippen molar-refractivity contribution < 1.29 is 18.0 Å². The fourth-order valence-corrected chi connectivity index (χ4v) is 4.59. The Bertz CT molecular complexity index is 1090. The van der Waals surface area contributed by atoms with E-state index in [0.29, 0.717) is 13.1 Å². The van der Waals surface area contributed by atoms with Crippen LogP contribution in [0.25, 0.3) is 16.8 Å². The second-order valence-electron chi connectivity index (χ2n) is 8.49. The predicted octanol–water partition coefficient (Wildman–Crippen LogP) is 4.35. The second kappa shape index (κ2) is 8.05. The Morgan fingerprint density at radius 2 is 2.03 bits per heavy atom. The molecule has 1 fully saturated rings. The molecule has 1 saturated heterocycles. The van der Waals surface area contributed by atoms with Crippen LogP contribution in [0, 0.1) is 5.92 Å². The third-order valence-electron chi connectivity index (χ3n) is 5.99.